The zero-order valence-electron chi connectivity index (χ0n) is 15.8. The number of halogens is 1. The first-order valence-corrected chi connectivity index (χ1v) is 10.6. The van der Waals surface area contributed by atoms with Crippen molar-refractivity contribution in [1.29, 1.82) is 0 Å². The summed E-state index contributed by atoms with van der Waals surface area (Å²) in [5.74, 6) is -1.78. The van der Waals surface area contributed by atoms with Crippen molar-refractivity contribution in [2.75, 3.05) is 23.9 Å². The third kappa shape index (κ3) is 7.51. The molecule has 0 bridgehead atoms. The maximum Gasteiger partial charge on any atom is 0.412 e. The second-order valence-corrected chi connectivity index (χ2v) is 7.17. The van der Waals surface area contributed by atoms with Crippen molar-refractivity contribution in [2.45, 2.75) is 23.8 Å². The molecular formula is C20H22FNO5S2. The summed E-state index contributed by atoms with van der Waals surface area (Å²) in [5, 5.41) is 12.0. The molecule has 2 rings (SSSR count). The molecule has 2 N–H and O–H groups in total. The zero-order chi connectivity index (χ0) is 21.2. The molecule has 2 aromatic rings. The van der Waals surface area contributed by atoms with Gasteiger partial charge in [-0.15, -0.1) is 11.8 Å². The molecule has 156 valence electrons. The molecule has 0 aliphatic rings. The standard InChI is InChI=1S/C20H22FNO5S2/c1-29-15-7-5-14(6-8-15)22-20(25)27-18(3-2-10-26-19(24)12-28)13-4-9-17(23)16(21)11-13/h4-9,11,18,23,28H,2-3,10,12H2,1H3,(H,22,25)/t18-/m0/s1. The lowest BCUT2D eigenvalue weighted by Gasteiger charge is -2.19. The third-order valence-electron chi connectivity index (χ3n) is 3.93. The highest BCUT2D eigenvalue weighted by Crippen LogP contribution is 2.27. The zero-order valence-corrected chi connectivity index (χ0v) is 17.5. The van der Waals surface area contributed by atoms with E-state index in [1.807, 2.05) is 18.4 Å². The summed E-state index contributed by atoms with van der Waals surface area (Å²) in [6.07, 6.45) is 1.15. The number of amides is 1. The molecule has 2 aromatic carbocycles. The summed E-state index contributed by atoms with van der Waals surface area (Å²) >= 11 is 5.40. The number of rotatable bonds is 9. The van der Waals surface area contributed by atoms with Gasteiger partial charge in [0, 0.05) is 10.6 Å². The Bertz CT molecular complexity index is 832. The number of hydrogen-bond acceptors (Lipinski definition) is 7. The number of aromatic hydroxyl groups is 1. The molecule has 0 aliphatic carbocycles. The third-order valence-corrected chi connectivity index (χ3v) is 4.93. The van der Waals surface area contributed by atoms with Gasteiger partial charge in [-0.1, -0.05) is 6.07 Å². The summed E-state index contributed by atoms with van der Waals surface area (Å²) in [6, 6.07) is 11.0. The smallest absolute Gasteiger partial charge is 0.412 e. The van der Waals surface area contributed by atoms with Crippen molar-refractivity contribution >= 4 is 42.1 Å². The van der Waals surface area contributed by atoms with Gasteiger partial charge >= 0.3 is 12.1 Å². The molecule has 0 aliphatic heterocycles. The Labute approximate surface area is 178 Å². The predicted octanol–water partition coefficient (Wildman–Crippen LogP) is 4.80. The summed E-state index contributed by atoms with van der Waals surface area (Å²) < 4.78 is 24.2. The molecule has 0 spiro atoms. The van der Waals surface area contributed by atoms with Crippen molar-refractivity contribution in [3.63, 3.8) is 0 Å². The molecule has 1 atom stereocenters. The maximum absolute atomic E-state index is 13.7. The average molecular weight is 440 g/mol. The molecule has 0 aromatic heterocycles. The monoisotopic (exact) mass is 439 g/mol. The summed E-state index contributed by atoms with van der Waals surface area (Å²) in [6.45, 7) is 0.123. The molecule has 9 heteroatoms. The Balaban J connectivity index is 2.03. The lowest BCUT2D eigenvalue weighted by atomic mass is 10.0. The van der Waals surface area contributed by atoms with Gasteiger partial charge in [-0.25, -0.2) is 9.18 Å². The van der Waals surface area contributed by atoms with E-state index >= 15 is 0 Å². The Morgan fingerprint density at radius 2 is 1.97 bits per heavy atom. The molecule has 0 fully saturated rings. The fourth-order valence-electron chi connectivity index (χ4n) is 2.47. The van der Waals surface area contributed by atoms with Gasteiger partial charge in [0.2, 0.25) is 0 Å². The Kier molecular flexibility index (Phi) is 9.14. The van der Waals surface area contributed by atoms with E-state index in [2.05, 4.69) is 17.9 Å². The van der Waals surface area contributed by atoms with Crippen LogP contribution < -0.4 is 5.32 Å². The molecular weight excluding hydrogens is 417 g/mol. The quantitative estimate of drug-likeness (QED) is 0.225. The van der Waals surface area contributed by atoms with Crippen LogP contribution in [0.15, 0.2) is 47.4 Å². The van der Waals surface area contributed by atoms with Crippen molar-refractivity contribution in [3.05, 3.63) is 53.8 Å². The molecule has 29 heavy (non-hydrogen) atoms. The van der Waals surface area contributed by atoms with Crippen LogP contribution in [0.5, 0.6) is 5.75 Å². The minimum absolute atomic E-state index is 0.0269. The average Bonchev–Trinajstić information content (AvgIpc) is 2.72. The van der Waals surface area contributed by atoms with Gasteiger partial charge in [-0.05, 0) is 61.1 Å². The number of anilines is 1. The largest absolute Gasteiger partial charge is 0.505 e. The number of esters is 1. The first-order valence-electron chi connectivity index (χ1n) is 8.79. The van der Waals surface area contributed by atoms with Crippen LogP contribution in [0.25, 0.3) is 0 Å². The Morgan fingerprint density at radius 1 is 1.24 bits per heavy atom. The Morgan fingerprint density at radius 3 is 2.59 bits per heavy atom. The SMILES string of the molecule is CSc1ccc(NC(=O)O[C@@H](CCCOC(=O)CS)c2ccc(O)c(F)c2)cc1. The van der Waals surface area contributed by atoms with Gasteiger partial charge in [-0.3, -0.25) is 10.1 Å². The number of carbonyl (C=O) groups is 2. The van der Waals surface area contributed by atoms with Gasteiger partial charge in [0.1, 0.15) is 6.10 Å². The van der Waals surface area contributed by atoms with E-state index in [0.29, 0.717) is 24.1 Å². The molecule has 0 heterocycles. The van der Waals surface area contributed by atoms with Gasteiger partial charge in [0.25, 0.3) is 0 Å². The van der Waals surface area contributed by atoms with Crippen LogP contribution in [-0.4, -0.2) is 35.8 Å². The lowest BCUT2D eigenvalue weighted by molar-refractivity contribution is -0.140. The van der Waals surface area contributed by atoms with Gasteiger partial charge in [0.15, 0.2) is 11.6 Å². The molecule has 0 saturated heterocycles. The highest BCUT2D eigenvalue weighted by molar-refractivity contribution is 7.98. The van der Waals surface area contributed by atoms with Crippen LogP contribution in [0.1, 0.15) is 24.5 Å². The van der Waals surface area contributed by atoms with Crippen molar-refractivity contribution in [2.24, 2.45) is 0 Å². The number of phenols is 1. The van der Waals surface area contributed by atoms with Crippen molar-refractivity contribution in [1.82, 2.24) is 0 Å². The number of thioether (sulfide) groups is 1. The fourth-order valence-corrected chi connectivity index (χ4v) is 2.97. The molecule has 6 nitrogen and oxygen atoms in total. The second-order valence-electron chi connectivity index (χ2n) is 5.98. The van der Waals surface area contributed by atoms with Gasteiger partial charge in [0.05, 0.1) is 12.4 Å². The first-order chi connectivity index (χ1) is 13.9. The van der Waals surface area contributed by atoms with Gasteiger partial charge < -0.3 is 14.6 Å². The number of ether oxygens (including phenoxy) is 2. The highest BCUT2D eigenvalue weighted by atomic mass is 32.2. The van der Waals surface area contributed by atoms with Crippen LogP contribution in [0.3, 0.4) is 0 Å². The lowest BCUT2D eigenvalue weighted by Crippen LogP contribution is -2.18. The summed E-state index contributed by atoms with van der Waals surface area (Å²) in [7, 11) is 0. The van der Waals surface area contributed by atoms with E-state index < -0.39 is 29.7 Å². The van der Waals surface area contributed by atoms with E-state index in [1.165, 1.54) is 12.1 Å². The fraction of sp³-hybridized carbons (Fsp3) is 0.300. The van der Waals surface area contributed by atoms with E-state index in [1.54, 1.807) is 23.9 Å². The topological polar surface area (TPSA) is 84.9 Å². The molecule has 0 radical (unpaired) electrons. The molecule has 1 amide bonds. The highest BCUT2D eigenvalue weighted by Gasteiger charge is 2.19. The van der Waals surface area contributed by atoms with Crippen LogP contribution in [0.4, 0.5) is 14.9 Å². The number of nitrogens with one attached hydrogen (secondary N) is 1. The Hall–Kier alpha value is -2.39. The van der Waals surface area contributed by atoms with Gasteiger partial charge in [-0.2, -0.15) is 12.6 Å². The number of hydrogen-bond donors (Lipinski definition) is 3. The van der Waals surface area contributed by atoms with Crippen LogP contribution in [0.2, 0.25) is 0 Å². The summed E-state index contributed by atoms with van der Waals surface area (Å²) in [5.41, 5.74) is 0.944. The summed E-state index contributed by atoms with van der Waals surface area (Å²) in [4.78, 5) is 24.5. The number of carbonyl (C=O) groups excluding carboxylic acids is 2. The normalized spacial score (nSPS) is 11.6. The minimum atomic E-state index is -0.814. The number of benzene rings is 2. The maximum atomic E-state index is 13.7. The van der Waals surface area contributed by atoms with Crippen LogP contribution >= 0.6 is 24.4 Å². The van der Waals surface area contributed by atoms with E-state index in [0.717, 1.165) is 11.0 Å². The molecule has 0 saturated carbocycles. The second kappa shape index (κ2) is 11.6. The van der Waals surface area contributed by atoms with E-state index in [9.17, 15) is 19.1 Å². The predicted molar refractivity (Wildman–Crippen MR) is 113 cm³/mol. The number of thiol groups is 1. The first kappa shape index (κ1) is 22.9. The van der Waals surface area contributed by atoms with Crippen molar-refractivity contribution < 1.29 is 28.6 Å². The van der Waals surface area contributed by atoms with Crippen molar-refractivity contribution in [3.8, 4) is 5.75 Å². The molecule has 0 unspecified atom stereocenters. The van der Waals surface area contributed by atoms with Crippen LogP contribution in [-0.2, 0) is 14.3 Å². The van der Waals surface area contributed by atoms with E-state index in [4.69, 9.17) is 9.47 Å². The van der Waals surface area contributed by atoms with E-state index in [-0.39, 0.29) is 12.4 Å². The van der Waals surface area contributed by atoms with Crippen LogP contribution in [0, 0.1) is 5.82 Å². The number of phenolic OH excluding ortho intramolecular Hbond substituents is 1. The minimum Gasteiger partial charge on any atom is -0.505 e.